The largest absolute Gasteiger partial charge is 0.254 e. The van der Waals surface area contributed by atoms with Crippen LogP contribution >= 0.6 is 0 Å². The first-order chi connectivity index (χ1) is 43.6. The van der Waals surface area contributed by atoms with Crippen LogP contribution in [0.3, 0.4) is 0 Å². The van der Waals surface area contributed by atoms with E-state index in [0.29, 0.717) is 0 Å². The zero-order valence-electron chi connectivity index (χ0n) is 47.2. The lowest BCUT2D eigenvalue weighted by Crippen LogP contribution is -1.94. The SMILES string of the molecule is c1ccc(-c2c3ccccc3nc3c2ccc2ccc(-c4ccc(-c5cc6cccnc6c6ncccc56)cc4)nc23)cc1.c1ccc(-c2c3ccccc3nc3c2ccc2ccc(-c4ccc(-c5cc6cccnc6c6ncccc56)cn4)nc23)cc1. The van der Waals surface area contributed by atoms with E-state index < -0.39 is 0 Å². The molecule has 408 valence electrons. The van der Waals surface area contributed by atoms with Crippen LogP contribution in [0.25, 0.3) is 176 Å². The van der Waals surface area contributed by atoms with Gasteiger partial charge in [-0.2, -0.15) is 0 Å². The lowest BCUT2D eigenvalue weighted by atomic mass is 9.95. The molecule has 9 nitrogen and oxygen atoms in total. The van der Waals surface area contributed by atoms with E-state index in [9.17, 15) is 0 Å². The van der Waals surface area contributed by atoms with E-state index in [1.807, 2.05) is 85.6 Å². The standard InChI is InChI=1S/C40H24N4.C39H23N5/c1-2-8-27(9-3-1)36-31-11-4-5-13-35(31)44-40-32(36)20-18-28-19-21-34(43-38(28)40)26-16-14-25(15-17-26)33-24-29-10-6-22-41-37(29)39-30(33)12-7-23-42-39;1-2-8-24(9-3-1)35-29-11-4-5-13-32(29)43-39-30(35)17-14-25-15-19-34(44-37(25)39)33-18-16-27(23-42-33)31-22-26-10-6-20-40-36(26)38-28(31)12-7-21-41-38/h1-24H;1-23H. The van der Waals surface area contributed by atoms with Crippen LogP contribution in [0.4, 0.5) is 0 Å². The Morgan fingerprint density at radius 2 is 0.625 bits per heavy atom. The Kier molecular flexibility index (Phi) is 12.0. The van der Waals surface area contributed by atoms with Crippen LogP contribution in [0.2, 0.25) is 0 Å². The van der Waals surface area contributed by atoms with E-state index in [1.54, 1.807) is 0 Å². The summed E-state index contributed by atoms with van der Waals surface area (Å²) in [7, 11) is 0. The number of hydrogen-bond donors (Lipinski definition) is 0. The van der Waals surface area contributed by atoms with Crippen molar-refractivity contribution < 1.29 is 0 Å². The van der Waals surface area contributed by atoms with Gasteiger partial charge in [0.25, 0.3) is 0 Å². The highest BCUT2D eigenvalue weighted by molar-refractivity contribution is 6.18. The van der Waals surface area contributed by atoms with Gasteiger partial charge in [0.1, 0.15) is 0 Å². The van der Waals surface area contributed by atoms with Crippen molar-refractivity contribution in [3.8, 4) is 67.2 Å². The lowest BCUT2D eigenvalue weighted by molar-refractivity contribution is 1.28. The van der Waals surface area contributed by atoms with Crippen molar-refractivity contribution in [1.82, 2.24) is 44.9 Å². The van der Waals surface area contributed by atoms with Gasteiger partial charge >= 0.3 is 0 Å². The first-order valence-electron chi connectivity index (χ1n) is 29.3. The molecule has 0 aliphatic carbocycles. The summed E-state index contributed by atoms with van der Waals surface area (Å²) < 4.78 is 0. The molecule has 88 heavy (non-hydrogen) atoms. The van der Waals surface area contributed by atoms with E-state index in [-0.39, 0.29) is 0 Å². The molecule has 9 aromatic carbocycles. The van der Waals surface area contributed by atoms with E-state index in [2.05, 4.69) is 220 Å². The Morgan fingerprint density at radius 1 is 0.205 bits per heavy atom. The molecule has 9 heterocycles. The summed E-state index contributed by atoms with van der Waals surface area (Å²) in [5.41, 5.74) is 21.8. The van der Waals surface area contributed by atoms with Crippen molar-refractivity contribution >= 4 is 109 Å². The first kappa shape index (κ1) is 50.4. The van der Waals surface area contributed by atoms with Crippen LogP contribution < -0.4 is 0 Å². The number of hydrogen-bond acceptors (Lipinski definition) is 9. The highest BCUT2D eigenvalue weighted by atomic mass is 14.8. The van der Waals surface area contributed by atoms with Gasteiger partial charge in [-0.25, -0.2) is 19.9 Å². The summed E-state index contributed by atoms with van der Waals surface area (Å²) >= 11 is 0. The Bertz CT molecular complexity index is 5440. The van der Waals surface area contributed by atoms with E-state index in [4.69, 9.17) is 24.9 Å². The minimum absolute atomic E-state index is 0.807. The molecule has 0 N–H and O–H groups in total. The second-order valence-corrected chi connectivity index (χ2v) is 22.0. The summed E-state index contributed by atoms with van der Waals surface area (Å²) in [6, 6.07) is 88.3. The molecular weight excluding hydrogens is 1070 g/mol. The minimum atomic E-state index is 0.807. The fourth-order valence-electron chi connectivity index (χ4n) is 12.8. The van der Waals surface area contributed by atoms with Gasteiger partial charge in [-0.3, -0.25) is 24.9 Å². The molecule has 9 heteroatoms. The van der Waals surface area contributed by atoms with Gasteiger partial charge in [0, 0.05) is 107 Å². The first-order valence-corrected chi connectivity index (χ1v) is 29.3. The number of para-hydroxylation sites is 2. The van der Waals surface area contributed by atoms with Crippen LogP contribution in [0, 0.1) is 0 Å². The maximum atomic E-state index is 5.23. The third kappa shape index (κ3) is 8.59. The third-order valence-corrected chi connectivity index (χ3v) is 16.9. The van der Waals surface area contributed by atoms with Gasteiger partial charge < -0.3 is 0 Å². The van der Waals surface area contributed by atoms with Gasteiger partial charge in [-0.1, -0.05) is 188 Å². The maximum absolute atomic E-state index is 5.23. The van der Waals surface area contributed by atoms with Crippen molar-refractivity contribution in [3.63, 3.8) is 0 Å². The Labute approximate surface area is 504 Å². The zero-order chi connectivity index (χ0) is 58.1. The molecule has 18 aromatic rings. The van der Waals surface area contributed by atoms with Crippen LogP contribution in [0.15, 0.2) is 286 Å². The number of fused-ring (bicyclic) bond motifs is 14. The van der Waals surface area contributed by atoms with Crippen LogP contribution in [-0.4, -0.2) is 44.9 Å². The number of rotatable bonds is 6. The van der Waals surface area contributed by atoms with Crippen molar-refractivity contribution in [3.05, 3.63) is 286 Å². The third-order valence-electron chi connectivity index (χ3n) is 16.9. The summed E-state index contributed by atoms with van der Waals surface area (Å²) in [5.74, 6) is 0. The smallest absolute Gasteiger partial charge is 0.0978 e. The van der Waals surface area contributed by atoms with E-state index in [0.717, 1.165) is 159 Å². The summed E-state index contributed by atoms with van der Waals surface area (Å²) in [6.07, 6.45) is 9.21. The average molecular weight is 1120 g/mol. The predicted octanol–water partition coefficient (Wildman–Crippen LogP) is 19.5. The van der Waals surface area contributed by atoms with Gasteiger partial charge in [0.2, 0.25) is 0 Å². The summed E-state index contributed by atoms with van der Waals surface area (Å²) in [5, 5.41) is 10.9. The predicted molar refractivity (Wildman–Crippen MR) is 361 cm³/mol. The number of pyridine rings is 9. The van der Waals surface area contributed by atoms with Crippen molar-refractivity contribution in [1.29, 1.82) is 0 Å². The molecule has 9 aromatic heterocycles. The van der Waals surface area contributed by atoms with E-state index in [1.165, 1.54) is 16.7 Å². The number of nitrogens with zero attached hydrogens (tertiary/aromatic N) is 9. The molecule has 18 rings (SSSR count). The molecule has 0 unspecified atom stereocenters. The molecule has 0 bridgehead atoms. The molecule has 0 saturated carbocycles. The fourth-order valence-corrected chi connectivity index (χ4v) is 12.8. The second kappa shape index (κ2) is 20.9. The minimum Gasteiger partial charge on any atom is -0.254 e. The lowest BCUT2D eigenvalue weighted by Gasteiger charge is -2.13. The quantitative estimate of drug-likeness (QED) is 0.119. The van der Waals surface area contributed by atoms with Crippen LogP contribution in [-0.2, 0) is 0 Å². The summed E-state index contributed by atoms with van der Waals surface area (Å²) in [6.45, 7) is 0. The molecule has 0 saturated heterocycles. The number of aromatic nitrogens is 9. The molecule has 0 fully saturated rings. The van der Waals surface area contributed by atoms with Gasteiger partial charge in [0.05, 0.1) is 72.2 Å². The molecule has 0 amide bonds. The molecular formula is C79H47N9. The van der Waals surface area contributed by atoms with Crippen molar-refractivity contribution in [2.75, 3.05) is 0 Å². The molecule has 0 spiro atoms. The normalized spacial score (nSPS) is 11.6. The Hall–Kier alpha value is -12.1. The molecule has 0 radical (unpaired) electrons. The van der Waals surface area contributed by atoms with Gasteiger partial charge in [-0.15, -0.1) is 0 Å². The van der Waals surface area contributed by atoms with Crippen LogP contribution in [0.5, 0.6) is 0 Å². The average Bonchev–Trinajstić information content (AvgIpc) is 1.12. The molecule has 0 aliphatic rings. The Balaban J connectivity index is 0.000000137. The van der Waals surface area contributed by atoms with Gasteiger partial charge in [0.15, 0.2) is 0 Å². The number of benzene rings is 9. The molecule has 0 atom stereocenters. The molecule has 0 aliphatic heterocycles. The summed E-state index contributed by atoms with van der Waals surface area (Å²) in [4.78, 5) is 44.1. The Morgan fingerprint density at radius 3 is 1.16 bits per heavy atom. The van der Waals surface area contributed by atoms with Crippen LogP contribution in [0.1, 0.15) is 0 Å². The monoisotopic (exact) mass is 1120 g/mol. The highest BCUT2D eigenvalue weighted by Crippen LogP contribution is 2.41. The van der Waals surface area contributed by atoms with Crippen molar-refractivity contribution in [2.24, 2.45) is 0 Å². The fraction of sp³-hybridized carbons (Fsp3) is 0. The van der Waals surface area contributed by atoms with E-state index >= 15 is 0 Å². The second-order valence-electron chi connectivity index (χ2n) is 22.0. The van der Waals surface area contributed by atoms with Crippen molar-refractivity contribution in [2.45, 2.75) is 0 Å². The zero-order valence-corrected chi connectivity index (χ0v) is 47.2. The maximum Gasteiger partial charge on any atom is 0.0978 e. The van der Waals surface area contributed by atoms with Gasteiger partial charge in [-0.05, 0) is 94.5 Å². The topological polar surface area (TPSA) is 116 Å². The highest BCUT2D eigenvalue weighted by Gasteiger charge is 2.19.